The smallest absolute Gasteiger partial charge is 0.164 e. The lowest BCUT2D eigenvalue weighted by Gasteiger charge is -2.11. The van der Waals surface area contributed by atoms with Gasteiger partial charge < -0.3 is 4.42 Å². The van der Waals surface area contributed by atoms with E-state index in [4.69, 9.17) is 29.1 Å². The predicted molar refractivity (Wildman–Crippen MR) is 240 cm³/mol. The fraction of sp³-hybridized carbons (Fsp3) is 0. The van der Waals surface area contributed by atoms with Crippen molar-refractivity contribution in [2.24, 2.45) is 0 Å². The summed E-state index contributed by atoms with van der Waals surface area (Å²) >= 11 is 1.18. The first kappa shape index (κ1) is 14.8. The van der Waals surface area contributed by atoms with Gasteiger partial charge in [0.05, 0.1) is 39.8 Å². The third kappa shape index (κ3) is 5.30. The van der Waals surface area contributed by atoms with Gasteiger partial charge in [-0.1, -0.05) is 127 Å². The minimum absolute atomic E-state index is 0.184. The number of aromatic nitrogens is 3. The molecule has 0 N–H and O–H groups in total. The largest absolute Gasteiger partial charge is 0.456 e. The molecule has 0 unspecified atom stereocenters. The number of hydrogen-bond donors (Lipinski definition) is 0. The zero-order valence-electron chi connectivity index (χ0n) is 57.1. The Balaban J connectivity index is 1.23. The lowest BCUT2D eigenvalue weighted by molar-refractivity contribution is 0.669. The molecule has 0 amide bonds. The molecule has 0 aliphatic rings. The fourth-order valence-corrected chi connectivity index (χ4v) is 8.45. The topological polar surface area (TPSA) is 51.8 Å². The summed E-state index contributed by atoms with van der Waals surface area (Å²) in [5.41, 5.74) is -5.41. The molecule has 57 heavy (non-hydrogen) atoms. The van der Waals surface area contributed by atoms with E-state index in [1.54, 1.807) is 0 Å². The molecule has 0 radical (unpaired) electrons. The molecule has 0 spiro atoms. The summed E-state index contributed by atoms with van der Waals surface area (Å²) < 4.78 is 265. The van der Waals surface area contributed by atoms with E-state index in [-0.39, 0.29) is 45.7 Å². The van der Waals surface area contributed by atoms with Crippen LogP contribution in [0.25, 0.3) is 119 Å². The van der Waals surface area contributed by atoms with Gasteiger partial charge in [0.2, 0.25) is 0 Å². The lowest BCUT2D eigenvalue weighted by Crippen LogP contribution is -1.99. The van der Waals surface area contributed by atoms with Gasteiger partial charge in [0, 0.05) is 73.4 Å². The van der Waals surface area contributed by atoms with Gasteiger partial charge in [-0.05, 0) is 65.0 Å². The van der Waals surface area contributed by atoms with Crippen LogP contribution >= 0.6 is 22.7 Å². The van der Waals surface area contributed by atoms with Crippen LogP contribution in [-0.4, -0.2) is 15.0 Å². The van der Waals surface area contributed by atoms with Crippen LogP contribution in [0.15, 0.2) is 180 Å². The zero-order valence-corrected chi connectivity index (χ0v) is 29.7. The van der Waals surface area contributed by atoms with Gasteiger partial charge in [0.1, 0.15) is 11.2 Å². The highest BCUT2D eigenvalue weighted by atomic mass is 32.1. The summed E-state index contributed by atoms with van der Waals surface area (Å²) in [6, 6.07) is -23.0. The molecule has 0 saturated heterocycles. The second-order valence-corrected chi connectivity index (χ2v) is 14.1. The first-order chi connectivity index (χ1) is 40.3. The minimum atomic E-state index is -0.930. The number of para-hydroxylation sites is 1. The van der Waals surface area contributed by atoms with E-state index in [9.17, 15) is 15.1 Å². The molecular formula is C51H29N3OS2. The molecule has 0 saturated carbocycles. The molecule has 4 heterocycles. The van der Waals surface area contributed by atoms with Crippen LogP contribution in [-0.2, 0) is 0 Å². The van der Waals surface area contributed by atoms with Crippen molar-refractivity contribution in [3.8, 4) is 56.4 Å². The van der Waals surface area contributed by atoms with E-state index in [1.165, 1.54) is 0 Å². The molecule has 0 fully saturated rings. The number of benzene rings is 8. The highest BCUT2D eigenvalue weighted by molar-refractivity contribution is 7.26. The Kier molecular flexibility index (Phi) is 3.32. The summed E-state index contributed by atoms with van der Waals surface area (Å²) in [4.78, 5) is 12.9. The molecule has 0 bridgehead atoms. The number of rotatable bonds is 5. The molecule has 6 heteroatoms. The maximum atomic E-state index is 10.2. The molecular weight excluding hydrogens is 735 g/mol. The van der Waals surface area contributed by atoms with Gasteiger partial charge in [-0.25, -0.2) is 15.0 Å². The van der Waals surface area contributed by atoms with Crippen LogP contribution in [0.5, 0.6) is 0 Å². The third-order valence-corrected chi connectivity index (χ3v) is 11.0. The van der Waals surface area contributed by atoms with Crippen molar-refractivity contribution >= 4 is 85.0 Å². The average Bonchev–Trinajstić information content (AvgIpc) is 1.57. The van der Waals surface area contributed by atoms with Gasteiger partial charge in [-0.15, -0.1) is 22.7 Å². The van der Waals surface area contributed by atoms with E-state index in [1.807, 2.05) is 0 Å². The van der Waals surface area contributed by atoms with E-state index in [0.717, 1.165) is 0 Å². The van der Waals surface area contributed by atoms with Crippen molar-refractivity contribution in [3.63, 3.8) is 0 Å². The predicted octanol–water partition coefficient (Wildman–Crippen LogP) is 14.8. The van der Waals surface area contributed by atoms with Gasteiger partial charge >= 0.3 is 0 Å². The van der Waals surface area contributed by atoms with Gasteiger partial charge in [-0.2, -0.15) is 0 Å². The van der Waals surface area contributed by atoms with E-state index < -0.39 is 248 Å². The van der Waals surface area contributed by atoms with E-state index >= 15 is 0 Å². The zero-order chi connectivity index (χ0) is 62.7. The molecule has 0 atom stereocenters. The van der Waals surface area contributed by atoms with Gasteiger partial charge in [0.25, 0.3) is 0 Å². The van der Waals surface area contributed by atoms with Crippen molar-refractivity contribution in [1.82, 2.24) is 15.0 Å². The first-order valence-corrected chi connectivity index (χ1v) is 18.2. The summed E-state index contributed by atoms with van der Waals surface area (Å²) in [6.45, 7) is 0. The molecule has 12 aromatic rings. The summed E-state index contributed by atoms with van der Waals surface area (Å²) in [7, 11) is 0. The van der Waals surface area contributed by atoms with Crippen molar-refractivity contribution in [2.45, 2.75) is 0 Å². The van der Waals surface area contributed by atoms with Crippen molar-refractivity contribution < 1.29 is 44.2 Å². The first-order valence-electron chi connectivity index (χ1n) is 31.1. The monoisotopic (exact) mass is 792 g/mol. The Bertz CT molecular complexity index is 5100. The Hall–Kier alpha value is -6.99. The number of fused-ring (bicyclic) bond motifs is 9. The maximum Gasteiger partial charge on any atom is 0.164 e. The number of hydrogen-bond acceptors (Lipinski definition) is 6. The lowest BCUT2D eigenvalue weighted by atomic mass is 9.93. The number of furan rings is 1. The highest BCUT2D eigenvalue weighted by Crippen LogP contribution is 2.47. The maximum absolute atomic E-state index is 10.2. The highest BCUT2D eigenvalue weighted by Gasteiger charge is 2.19. The Morgan fingerprint density at radius 3 is 1.79 bits per heavy atom. The van der Waals surface area contributed by atoms with Crippen molar-refractivity contribution in [2.75, 3.05) is 0 Å². The van der Waals surface area contributed by atoms with Crippen LogP contribution in [0.1, 0.15) is 39.8 Å². The second kappa shape index (κ2) is 12.8. The minimum Gasteiger partial charge on any atom is -0.456 e. The third-order valence-electron chi connectivity index (χ3n) is 8.83. The number of nitrogens with zero attached hydrogens (tertiary/aromatic N) is 3. The summed E-state index contributed by atoms with van der Waals surface area (Å²) in [5, 5.41) is -2.17. The normalized spacial score (nSPS) is 19.0. The molecule has 4 aromatic heterocycles. The fourth-order valence-electron chi connectivity index (χ4n) is 6.36. The van der Waals surface area contributed by atoms with Crippen LogP contribution in [0.3, 0.4) is 0 Å². The average molecular weight is 793 g/mol. The van der Waals surface area contributed by atoms with E-state index in [2.05, 4.69) is 15.0 Å². The van der Waals surface area contributed by atoms with Crippen molar-refractivity contribution in [3.05, 3.63) is 175 Å². The van der Waals surface area contributed by atoms with Crippen LogP contribution < -0.4 is 0 Å². The number of thiophene rings is 2. The standard InChI is InChI=1S/C51H29N3OS2/c1-3-12-30(13-4-1)49-52-50(31-14-5-2-6-15-31)54-51(53-49)33-23-25-39-46(29-33)56-45-21-11-18-35(47(39)45)34-26-40(48-41(27-34)38-17-8-10-20-44(38)57-48)32-22-24-37-36-16-7-9-19-42(36)55-43(37)28-32/h1-29H/i1D,2D,3D,4D,5D,6D,7D,8D,9D,10D,11D,12D,13D,14D,15D,16D,17D,18D,19D,20D,21D,22D,23D,24D,25D,26D,27D,28D,29D. The van der Waals surface area contributed by atoms with Crippen LogP contribution in [0, 0.1) is 0 Å². The second-order valence-electron chi connectivity index (χ2n) is 12.1. The van der Waals surface area contributed by atoms with Gasteiger partial charge in [0.15, 0.2) is 17.5 Å². The van der Waals surface area contributed by atoms with Crippen LogP contribution in [0.2, 0.25) is 0 Å². The van der Waals surface area contributed by atoms with Crippen LogP contribution in [0.4, 0.5) is 0 Å². The molecule has 4 nitrogen and oxygen atoms in total. The quantitative estimate of drug-likeness (QED) is 0.174. The molecule has 266 valence electrons. The Labute approximate surface area is 375 Å². The molecule has 8 aromatic carbocycles. The van der Waals surface area contributed by atoms with Crippen molar-refractivity contribution in [1.29, 1.82) is 0 Å². The SMILES string of the molecule is [2H]c1c([2H])c([2H])c(-c2nc(-c3c([2H])c([2H])c([2H])c([2H])c3[2H])nc(-c3c([2H])c([2H])c4c(sc5c([2H])c([2H])c([2H])c(-c6c([2H])c(-c7c([2H])c([2H])c8c(oc9c([2H])c([2H])c([2H])c([2H])c98)c7[2H])c7sc8c([2H])c([2H])c([2H])c([2H])c8c7c6[2H])c54)c3[2H])n2)c([2H])c1[2H]. The van der Waals surface area contributed by atoms with E-state index in [0.29, 0.717) is 22.7 Å². The van der Waals surface area contributed by atoms with Gasteiger partial charge in [-0.3, -0.25) is 0 Å². The molecule has 0 aliphatic carbocycles. The Morgan fingerprint density at radius 2 is 1.00 bits per heavy atom. The summed E-state index contributed by atoms with van der Waals surface area (Å²) in [5.74, 6) is -2.29. The molecule has 12 rings (SSSR count). The summed E-state index contributed by atoms with van der Waals surface area (Å²) in [6.07, 6.45) is 0. The Morgan fingerprint density at radius 1 is 0.368 bits per heavy atom. The molecule has 0 aliphatic heterocycles.